The lowest BCUT2D eigenvalue weighted by atomic mass is 10.3. The summed E-state index contributed by atoms with van der Waals surface area (Å²) in [5.41, 5.74) is 0. The molecule has 0 bridgehead atoms. The summed E-state index contributed by atoms with van der Waals surface area (Å²) in [7, 11) is -4.30. The molecule has 0 saturated carbocycles. The van der Waals surface area contributed by atoms with E-state index in [-0.39, 0.29) is 0 Å². The Labute approximate surface area is 215 Å². The predicted molar refractivity (Wildman–Crippen MR) is 140 cm³/mol. The van der Waals surface area contributed by atoms with Gasteiger partial charge in [0.05, 0.1) is 14.3 Å². The van der Waals surface area contributed by atoms with E-state index in [1.54, 1.807) is 0 Å². The summed E-state index contributed by atoms with van der Waals surface area (Å²) >= 11 is 12.7. The van der Waals surface area contributed by atoms with E-state index < -0.39 is 7.82 Å². The smallest absolute Gasteiger partial charge is 0.393 e. The minimum absolute atomic E-state index is 0.355. The Bertz CT molecular complexity index is 703. The van der Waals surface area contributed by atoms with Crippen molar-refractivity contribution in [2.75, 3.05) is 0 Å². The molecule has 0 atom stereocenters. The highest BCUT2D eigenvalue weighted by atomic mass is 127. The number of benzene rings is 2. The third kappa shape index (κ3) is 6.32. The highest BCUT2D eigenvalue weighted by Crippen LogP contribution is 2.49. The van der Waals surface area contributed by atoms with Crippen LogP contribution >= 0.6 is 143 Å². The van der Waals surface area contributed by atoms with Gasteiger partial charge in [0.25, 0.3) is 0 Å². The molecule has 23 heavy (non-hydrogen) atoms. The van der Waals surface area contributed by atoms with Crippen LogP contribution in [0.15, 0.2) is 24.3 Å². The van der Waals surface area contributed by atoms with Crippen LogP contribution in [-0.2, 0) is 4.57 Å². The lowest BCUT2D eigenvalue weighted by Crippen LogP contribution is -2.04. The number of phosphoric ester groups is 1. The molecule has 0 aliphatic rings. The number of hydrogen-bond acceptors (Lipinski definition) is 3. The van der Waals surface area contributed by atoms with Gasteiger partial charge in [-0.3, -0.25) is 4.89 Å². The van der Waals surface area contributed by atoms with Crippen molar-refractivity contribution in [1.82, 2.24) is 0 Å². The average Bonchev–Trinajstić information content (AvgIpc) is 2.38. The van der Waals surface area contributed by atoms with Crippen LogP contribution in [0.2, 0.25) is 0 Å². The van der Waals surface area contributed by atoms with E-state index in [2.05, 4.69) is 136 Å². The predicted octanol–water partition coefficient (Wildman–Crippen LogP) is 6.87. The van der Waals surface area contributed by atoms with Gasteiger partial charge in [0.15, 0.2) is 11.5 Å². The highest BCUT2D eigenvalue weighted by Gasteiger charge is 2.29. The fourth-order valence-corrected chi connectivity index (χ4v) is 10.7. The summed E-state index contributed by atoms with van der Waals surface area (Å²) in [6.45, 7) is 0. The van der Waals surface area contributed by atoms with Crippen LogP contribution in [0.5, 0.6) is 11.5 Å². The Morgan fingerprint density at radius 1 is 0.696 bits per heavy atom. The van der Waals surface area contributed by atoms with E-state index in [1.165, 1.54) is 0 Å². The number of hydrogen-bond donors (Lipinski definition) is 1. The number of rotatable bonds is 4. The van der Waals surface area contributed by atoms with Crippen molar-refractivity contribution in [1.29, 1.82) is 0 Å². The van der Waals surface area contributed by atoms with Gasteiger partial charge in [0, 0.05) is 7.14 Å². The molecular formula is C12H5I6O4P. The maximum absolute atomic E-state index is 12.4. The van der Waals surface area contributed by atoms with E-state index in [0.29, 0.717) is 11.5 Å². The summed E-state index contributed by atoms with van der Waals surface area (Å²) < 4.78 is 28.1. The third-order valence-corrected chi connectivity index (χ3v) is 7.62. The first-order valence-electron chi connectivity index (χ1n) is 5.60. The van der Waals surface area contributed by atoms with Gasteiger partial charge in [-0.05, 0) is 160 Å². The second-order valence-corrected chi connectivity index (χ2v) is 12.5. The van der Waals surface area contributed by atoms with E-state index in [0.717, 1.165) is 21.4 Å². The SMILES string of the molecule is O=P(O)(Oc1c(I)cc(I)cc1I)Oc1c(I)cc(I)cc1I. The van der Waals surface area contributed by atoms with Gasteiger partial charge in [-0.25, -0.2) is 4.57 Å². The molecule has 0 aromatic heterocycles. The van der Waals surface area contributed by atoms with Gasteiger partial charge in [-0.2, -0.15) is 0 Å². The summed E-state index contributed by atoms with van der Waals surface area (Å²) in [5.74, 6) is 0.709. The minimum atomic E-state index is -4.30. The second-order valence-electron chi connectivity index (χ2n) is 4.05. The number of phosphoric acid groups is 1. The van der Waals surface area contributed by atoms with Gasteiger partial charge in [-0.1, -0.05) is 0 Å². The highest BCUT2D eigenvalue weighted by molar-refractivity contribution is 14.1. The molecule has 1 N–H and O–H groups in total. The van der Waals surface area contributed by atoms with E-state index in [4.69, 9.17) is 9.05 Å². The molecule has 2 aromatic carbocycles. The van der Waals surface area contributed by atoms with Crippen LogP contribution in [0.1, 0.15) is 0 Å². The Kier molecular flexibility index (Phi) is 8.76. The second kappa shape index (κ2) is 9.20. The van der Waals surface area contributed by atoms with Crippen LogP contribution in [0.3, 0.4) is 0 Å². The molecule has 0 spiro atoms. The average molecular weight is 1010 g/mol. The van der Waals surface area contributed by atoms with Crippen molar-refractivity contribution in [2.45, 2.75) is 0 Å². The van der Waals surface area contributed by atoms with Gasteiger partial charge >= 0.3 is 7.82 Å². The lowest BCUT2D eigenvalue weighted by molar-refractivity contribution is 0.288. The lowest BCUT2D eigenvalue weighted by Gasteiger charge is -2.18. The van der Waals surface area contributed by atoms with Crippen molar-refractivity contribution < 1.29 is 18.5 Å². The molecule has 2 rings (SSSR count). The van der Waals surface area contributed by atoms with Gasteiger partial charge in [0.2, 0.25) is 0 Å². The molecule has 0 fully saturated rings. The molecule has 0 radical (unpaired) electrons. The fourth-order valence-electron chi connectivity index (χ4n) is 1.48. The summed E-state index contributed by atoms with van der Waals surface area (Å²) in [4.78, 5) is 10.2. The molecule has 0 unspecified atom stereocenters. The molecule has 0 amide bonds. The zero-order valence-electron chi connectivity index (χ0n) is 10.7. The molecule has 11 heteroatoms. The van der Waals surface area contributed by atoms with Crippen molar-refractivity contribution >= 4 is 143 Å². The molecule has 0 aliphatic carbocycles. The van der Waals surface area contributed by atoms with Crippen molar-refractivity contribution in [3.05, 3.63) is 45.7 Å². The van der Waals surface area contributed by atoms with Crippen molar-refractivity contribution in [2.24, 2.45) is 0 Å². The molecule has 4 nitrogen and oxygen atoms in total. The first kappa shape index (κ1) is 21.9. The minimum Gasteiger partial charge on any atom is -0.393 e. The normalized spacial score (nSPS) is 11.4. The molecule has 0 aliphatic heterocycles. The van der Waals surface area contributed by atoms with Crippen LogP contribution in [0, 0.1) is 21.4 Å². The van der Waals surface area contributed by atoms with Crippen LogP contribution < -0.4 is 9.05 Å². The zero-order valence-corrected chi connectivity index (χ0v) is 24.5. The van der Waals surface area contributed by atoms with Gasteiger partial charge < -0.3 is 9.05 Å². The quantitative estimate of drug-likeness (QED) is 0.269. The van der Waals surface area contributed by atoms with Crippen molar-refractivity contribution in [3.8, 4) is 11.5 Å². The van der Waals surface area contributed by atoms with Crippen LogP contribution in [0.25, 0.3) is 0 Å². The Morgan fingerprint density at radius 3 is 1.22 bits per heavy atom. The van der Waals surface area contributed by atoms with Crippen LogP contribution in [0.4, 0.5) is 0 Å². The standard InChI is InChI=1S/C12H5I6O4P/c13-5-1-7(15)11(8(16)2-5)21-23(19,20)22-12-9(17)3-6(14)4-10(12)18/h1-4H,(H,19,20). The topological polar surface area (TPSA) is 55.8 Å². The largest absolute Gasteiger partial charge is 0.585 e. The van der Waals surface area contributed by atoms with Gasteiger partial charge in [0.1, 0.15) is 0 Å². The Balaban J connectivity index is 2.33. The Hall–Kier alpha value is 2.61. The van der Waals surface area contributed by atoms with Gasteiger partial charge in [-0.15, -0.1) is 0 Å². The summed E-state index contributed by atoms with van der Waals surface area (Å²) in [6.07, 6.45) is 0. The molecule has 0 saturated heterocycles. The maximum Gasteiger partial charge on any atom is 0.585 e. The zero-order chi connectivity index (χ0) is 17.4. The fraction of sp³-hybridized carbons (Fsp3) is 0. The molecule has 2 aromatic rings. The van der Waals surface area contributed by atoms with E-state index in [1.807, 2.05) is 24.3 Å². The van der Waals surface area contributed by atoms with Crippen LogP contribution in [-0.4, -0.2) is 4.89 Å². The molecular weight excluding hydrogens is 1000 g/mol. The first-order chi connectivity index (χ1) is 10.6. The van der Waals surface area contributed by atoms with Crippen molar-refractivity contribution in [3.63, 3.8) is 0 Å². The monoisotopic (exact) mass is 1010 g/mol. The van der Waals surface area contributed by atoms with E-state index in [9.17, 15) is 9.46 Å². The summed E-state index contributed by atoms with van der Waals surface area (Å²) in [5, 5.41) is 0. The number of halogens is 6. The molecule has 0 heterocycles. The maximum atomic E-state index is 12.4. The Morgan fingerprint density at radius 2 is 0.957 bits per heavy atom. The van der Waals surface area contributed by atoms with E-state index >= 15 is 0 Å². The first-order valence-corrected chi connectivity index (χ1v) is 13.6. The summed E-state index contributed by atoms with van der Waals surface area (Å²) in [6, 6.07) is 7.49. The third-order valence-electron chi connectivity index (χ3n) is 2.34. The molecule has 124 valence electrons.